The average Bonchev–Trinajstić information content (AvgIpc) is 2.33. The Bertz CT molecular complexity index is 454. The van der Waals surface area contributed by atoms with Crippen LogP contribution in [0.25, 0.3) is 0 Å². The summed E-state index contributed by atoms with van der Waals surface area (Å²) < 4.78 is 15.5. The number of hydrogen-bond acceptors (Lipinski definition) is 5. The summed E-state index contributed by atoms with van der Waals surface area (Å²) in [5.74, 6) is 0.885. The van der Waals surface area contributed by atoms with Crippen molar-refractivity contribution >= 4 is 6.09 Å². The Morgan fingerprint density at radius 1 is 1.20 bits per heavy atom. The fourth-order valence-corrected chi connectivity index (χ4v) is 1.62. The van der Waals surface area contributed by atoms with E-state index < -0.39 is 11.7 Å². The molecule has 6 heteroatoms. The maximum Gasteiger partial charge on any atom is 0.407 e. The van der Waals surface area contributed by atoms with Crippen LogP contribution in [0.2, 0.25) is 0 Å². The molecular formula is C14H21NO5. The molecule has 0 bridgehead atoms. The Labute approximate surface area is 118 Å². The van der Waals surface area contributed by atoms with Crippen molar-refractivity contribution in [2.75, 3.05) is 14.2 Å². The molecule has 1 aromatic carbocycles. The lowest BCUT2D eigenvalue weighted by Crippen LogP contribution is -2.32. The number of methoxy groups -OCH3 is 2. The van der Waals surface area contributed by atoms with Gasteiger partial charge in [-0.3, -0.25) is 0 Å². The molecule has 0 saturated heterocycles. The molecule has 112 valence electrons. The number of ether oxygens (including phenoxy) is 3. The minimum Gasteiger partial charge on any atom is -0.508 e. The molecule has 0 aliphatic heterocycles. The molecule has 0 unspecified atom stereocenters. The zero-order chi connectivity index (χ0) is 15.3. The second-order valence-corrected chi connectivity index (χ2v) is 5.18. The standard InChI is InChI=1S/C14H21NO5/c1-14(2,3)20-13(17)15-8-10-11(18-4)6-9(16)7-12(10)19-5/h6-7,16H,8H2,1-5H3,(H,15,17). The summed E-state index contributed by atoms with van der Waals surface area (Å²) in [6.45, 7) is 5.53. The Balaban J connectivity index is 2.84. The van der Waals surface area contributed by atoms with Crippen LogP contribution in [0.3, 0.4) is 0 Å². The van der Waals surface area contributed by atoms with Crippen LogP contribution in [0.1, 0.15) is 26.3 Å². The molecule has 1 aromatic rings. The minimum atomic E-state index is -0.562. The Morgan fingerprint density at radius 2 is 1.70 bits per heavy atom. The van der Waals surface area contributed by atoms with Crippen molar-refractivity contribution in [2.45, 2.75) is 32.9 Å². The highest BCUT2D eigenvalue weighted by Crippen LogP contribution is 2.33. The molecule has 6 nitrogen and oxygen atoms in total. The molecule has 0 aromatic heterocycles. The van der Waals surface area contributed by atoms with E-state index in [1.54, 1.807) is 20.8 Å². The summed E-state index contributed by atoms with van der Waals surface area (Å²) in [6.07, 6.45) is -0.533. The lowest BCUT2D eigenvalue weighted by Gasteiger charge is -2.20. The van der Waals surface area contributed by atoms with Crippen LogP contribution in [-0.4, -0.2) is 31.0 Å². The number of amides is 1. The fraction of sp³-hybridized carbons (Fsp3) is 0.500. The molecule has 0 heterocycles. The second kappa shape index (κ2) is 6.36. The number of hydrogen-bond donors (Lipinski definition) is 2. The lowest BCUT2D eigenvalue weighted by molar-refractivity contribution is 0.0523. The van der Waals surface area contributed by atoms with Crippen molar-refractivity contribution in [2.24, 2.45) is 0 Å². The van der Waals surface area contributed by atoms with Gasteiger partial charge in [0.05, 0.1) is 26.3 Å². The van der Waals surface area contributed by atoms with Gasteiger partial charge in [0, 0.05) is 12.1 Å². The van der Waals surface area contributed by atoms with E-state index in [9.17, 15) is 9.90 Å². The van der Waals surface area contributed by atoms with Gasteiger partial charge in [0.15, 0.2) is 0 Å². The number of aromatic hydroxyl groups is 1. The van der Waals surface area contributed by atoms with Gasteiger partial charge in [-0.25, -0.2) is 4.79 Å². The van der Waals surface area contributed by atoms with E-state index in [4.69, 9.17) is 14.2 Å². The normalized spacial score (nSPS) is 10.8. The molecule has 0 aliphatic carbocycles. The fourth-order valence-electron chi connectivity index (χ4n) is 1.62. The maximum absolute atomic E-state index is 11.6. The molecule has 0 aliphatic rings. The predicted octanol–water partition coefficient (Wildman–Crippen LogP) is 2.43. The zero-order valence-corrected chi connectivity index (χ0v) is 12.4. The van der Waals surface area contributed by atoms with E-state index in [-0.39, 0.29) is 12.3 Å². The van der Waals surface area contributed by atoms with Gasteiger partial charge in [0.25, 0.3) is 0 Å². The topological polar surface area (TPSA) is 77.0 Å². The SMILES string of the molecule is COc1cc(O)cc(OC)c1CNC(=O)OC(C)(C)C. The van der Waals surface area contributed by atoms with Crippen LogP contribution < -0.4 is 14.8 Å². The zero-order valence-electron chi connectivity index (χ0n) is 12.4. The van der Waals surface area contributed by atoms with Gasteiger partial charge in [-0.15, -0.1) is 0 Å². The van der Waals surface area contributed by atoms with E-state index in [1.807, 2.05) is 0 Å². The minimum absolute atomic E-state index is 0.0275. The summed E-state index contributed by atoms with van der Waals surface area (Å²) in [4.78, 5) is 11.6. The Hall–Kier alpha value is -2.11. The predicted molar refractivity (Wildman–Crippen MR) is 74.3 cm³/mol. The van der Waals surface area contributed by atoms with Crippen molar-refractivity contribution in [1.82, 2.24) is 5.32 Å². The third-order valence-corrected chi connectivity index (χ3v) is 2.40. The van der Waals surface area contributed by atoms with Gasteiger partial charge >= 0.3 is 6.09 Å². The smallest absolute Gasteiger partial charge is 0.407 e. The quantitative estimate of drug-likeness (QED) is 0.887. The summed E-state index contributed by atoms with van der Waals surface area (Å²) >= 11 is 0. The monoisotopic (exact) mass is 283 g/mol. The van der Waals surface area contributed by atoms with E-state index in [2.05, 4.69) is 5.32 Å². The number of carbonyl (C=O) groups excluding carboxylic acids is 1. The van der Waals surface area contributed by atoms with Gasteiger partial charge in [-0.1, -0.05) is 0 Å². The van der Waals surface area contributed by atoms with Crippen LogP contribution in [0.15, 0.2) is 12.1 Å². The molecule has 2 N–H and O–H groups in total. The molecule has 1 rings (SSSR count). The van der Waals surface area contributed by atoms with E-state index in [1.165, 1.54) is 26.4 Å². The van der Waals surface area contributed by atoms with Crippen molar-refractivity contribution in [3.8, 4) is 17.2 Å². The van der Waals surface area contributed by atoms with Crippen LogP contribution in [-0.2, 0) is 11.3 Å². The number of phenolic OH excluding ortho intramolecular Hbond substituents is 1. The summed E-state index contributed by atoms with van der Waals surface area (Å²) in [5.41, 5.74) is 0.0615. The van der Waals surface area contributed by atoms with Crippen molar-refractivity contribution in [1.29, 1.82) is 0 Å². The maximum atomic E-state index is 11.6. The van der Waals surface area contributed by atoms with Crippen LogP contribution in [0, 0.1) is 0 Å². The number of phenols is 1. The number of alkyl carbamates (subject to hydrolysis) is 1. The first-order valence-corrected chi connectivity index (χ1v) is 6.17. The van der Waals surface area contributed by atoms with Crippen molar-refractivity contribution in [3.05, 3.63) is 17.7 Å². The molecule has 0 radical (unpaired) electrons. The molecule has 0 fully saturated rings. The third-order valence-electron chi connectivity index (χ3n) is 2.40. The van der Waals surface area contributed by atoms with Gasteiger partial charge in [-0.2, -0.15) is 0 Å². The number of benzene rings is 1. The first-order chi connectivity index (χ1) is 9.26. The summed E-state index contributed by atoms with van der Waals surface area (Å²) in [5, 5.41) is 12.2. The number of carbonyl (C=O) groups is 1. The largest absolute Gasteiger partial charge is 0.508 e. The Kier molecular flexibility index (Phi) is 5.07. The highest BCUT2D eigenvalue weighted by Gasteiger charge is 2.18. The molecule has 0 saturated carbocycles. The van der Waals surface area contributed by atoms with E-state index >= 15 is 0 Å². The highest BCUT2D eigenvalue weighted by atomic mass is 16.6. The van der Waals surface area contributed by atoms with Crippen LogP contribution in [0.4, 0.5) is 4.79 Å². The first kappa shape index (κ1) is 15.9. The lowest BCUT2D eigenvalue weighted by atomic mass is 10.1. The second-order valence-electron chi connectivity index (χ2n) is 5.18. The number of rotatable bonds is 4. The van der Waals surface area contributed by atoms with Crippen molar-refractivity contribution < 1.29 is 24.1 Å². The average molecular weight is 283 g/mol. The Morgan fingerprint density at radius 3 is 2.10 bits per heavy atom. The van der Waals surface area contributed by atoms with E-state index in [0.29, 0.717) is 17.1 Å². The summed E-state index contributed by atoms with van der Waals surface area (Å²) in [6, 6.07) is 2.91. The van der Waals surface area contributed by atoms with E-state index in [0.717, 1.165) is 0 Å². The van der Waals surface area contributed by atoms with Gasteiger partial charge in [0.2, 0.25) is 0 Å². The van der Waals surface area contributed by atoms with Gasteiger partial charge in [0.1, 0.15) is 22.8 Å². The molecular weight excluding hydrogens is 262 g/mol. The molecule has 0 spiro atoms. The van der Waals surface area contributed by atoms with Crippen LogP contribution in [0.5, 0.6) is 17.2 Å². The van der Waals surface area contributed by atoms with Gasteiger partial charge < -0.3 is 24.6 Å². The molecule has 0 atom stereocenters. The first-order valence-electron chi connectivity index (χ1n) is 6.17. The van der Waals surface area contributed by atoms with Gasteiger partial charge in [-0.05, 0) is 20.8 Å². The molecule has 20 heavy (non-hydrogen) atoms. The highest BCUT2D eigenvalue weighted by molar-refractivity contribution is 5.68. The van der Waals surface area contributed by atoms with Crippen LogP contribution >= 0.6 is 0 Å². The number of nitrogens with one attached hydrogen (secondary N) is 1. The summed E-state index contributed by atoms with van der Waals surface area (Å²) in [7, 11) is 2.95. The third kappa shape index (κ3) is 4.53. The molecule has 1 amide bonds. The van der Waals surface area contributed by atoms with Crippen molar-refractivity contribution in [3.63, 3.8) is 0 Å².